The van der Waals surface area contributed by atoms with Crippen molar-refractivity contribution in [2.24, 2.45) is 5.92 Å². The summed E-state index contributed by atoms with van der Waals surface area (Å²) in [4.78, 5) is 4.35. The van der Waals surface area contributed by atoms with Crippen LogP contribution in [0.2, 0.25) is 0 Å². The fraction of sp³-hybridized carbons (Fsp3) is 1.00. The zero-order valence-electron chi connectivity index (χ0n) is 18.3. The summed E-state index contributed by atoms with van der Waals surface area (Å²) in [7, 11) is 0. The standard InChI is InChI=1S/C10H20FN.C9H17F2N.C2H6/c1-4-10(11)6-5-7-12(8-10)9(2)3;1-3-8-7-12(4-2)6-5-9(8,10)11;1-2/h9H,4-8H2,1-3H3;8H,3-7H2,1-2H3;1-2H3. The van der Waals surface area contributed by atoms with E-state index in [4.69, 9.17) is 0 Å². The Bertz CT molecular complexity index is 363. The van der Waals surface area contributed by atoms with Crippen molar-refractivity contribution in [3.63, 3.8) is 0 Å². The molecule has 2 rings (SSSR count). The second-order valence-corrected chi connectivity index (χ2v) is 7.68. The predicted octanol–water partition coefficient (Wildman–Crippen LogP) is 6.01. The molecule has 26 heavy (non-hydrogen) atoms. The summed E-state index contributed by atoms with van der Waals surface area (Å²) in [6.07, 6.45) is 3.06. The molecule has 0 aromatic rings. The van der Waals surface area contributed by atoms with Crippen molar-refractivity contribution in [2.75, 3.05) is 32.7 Å². The molecule has 0 bridgehead atoms. The van der Waals surface area contributed by atoms with Gasteiger partial charge in [-0.15, -0.1) is 0 Å². The molecule has 0 saturated carbocycles. The van der Waals surface area contributed by atoms with Crippen molar-refractivity contribution in [3.8, 4) is 0 Å². The van der Waals surface area contributed by atoms with E-state index in [1.54, 1.807) is 0 Å². The molecular weight excluding hydrogens is 337 g/mol. The lowest BCUT2D eigenvalue weighted by atomic mass is 9.91. The first-order valence-electron chi connectivity index (χ1n) is 10.7. The Morgan fingerprint density at radius 1 is 1.00 bits per heavy atom. The van der Waals surface area contributed by atoms with E-state index in [1.165, 1.54) is 0 Å². The van der Waals surface area contributed by atoms with Gasteiger partial charge in [0.05, 0.1) is 0 Å². The van der Waals surface area contributed by atoms with Crippen LogP contribution >= 0.6 is 0 Å². The van der Waals surface area contributed by atoms with Crippen molar-refractivity contribution < 1.29 is 13.2 Å². The molecule has 0 aliphatic carbocycles. The minimum atomic E-state index is -2.42. The topological polar surface area (TPSA) is 6.48 Å². The molecule has 2 saturated heterocycles. The number of hydrogen-bond donors (Lipinski definition) is 0. The maximum absolute atomic E-state index is 13.9. The first kappa shape index (κ1) is 25.7. The monoisotopic (exact) mass is 380 g/mol. The molecule has 0 N–H and O–H groups in total. The number of likely N-dealkylation sites (tertiary alicyclic amines) is 2. The SMILES string of the molecule is CC.CCC1(F)CCCN(C(C)C)C1.CCC1CN(CC)CCC1(F)F. The third kappa shape index (κ3) is 8.16. The number of rotatable bonds is 4. The number of hydrogen-bond acceptors (Lipinski definition) is 2. The van der Waals surface area contributed by atoms with Crippen LogP contribution in [0.15, 0.2) is 0 Å². The quantitative estimate of drug-likeness (QED) is 0.589. The lowest BCUT2D eigenvalue weighted by Gasteiger charge is -2.39. The molecule has 2 aliphatic rings. The second-order valence-electron chi connectivity index (χ2n) is 7.68. The molecule has 0 amide bonds. The van der Waals surface area contributed by atoms with Gasteiger partial charge >= 0.3 is 0 Å². The van der Waals surface area contributed by atoms with Gasteiger partial charge in [-0.2, -0.15) is 0 Å². The van der Waals surface area contributed by atoms with Crippen molar-refractivity contribution in [3.05, 3.63) is 0 Å². The van der Waals surface area contributed by atoms with E-state index in [1.807, 2.05) is 34.6 Å². The maximum Gasteiger partial charge on any atom is 0.253 e. The average molecular weight is 381 g/mol. The summed E-state index contributed by atoms with van der Waals surface area (Å²) in [5.41, 5.74) is -0.900. The molecule has 2 fully saturated rings. The van der Waals surface area contributed by atoms with Gasteiger partial charge < -0.3 is 4.90 Å². The molecule has 5 heteroatoms. The molecular formula is C21H43F3N2. The van der Waals surface area contributed by atoms with E-state index in [-0.39, 0.29) is 6.42 Å². The molecule has 0 radical (unpaired) electrons. The number of nitrogens with zero attached hydrogens (tertiary/aromatic N) is 2. The van der Waals surface area contributed by atoms with Crippen LogP contribution in [0.3, 0.4) is 0 Å². The van der Waals surface area contributed by atoms with E-state index < -0.39 is 17.5 Å². The van der Waals surface area contributed by atoms with Crippen LogP contribution in [-0.4, -0.2) is 60.2 Å². The Kier molecular flexibility index (Phi) is 12.1. The van der Waals surface area contributed by atoms with Gasteiger partial charge in [-0.05, 0) is 52.6 Å². The zero-order chi connectivity index (χ0) is 20.4. The lowest BCUT2D eigenvalue weighted by molar-refractivity contribution is -0.106. The summed E-state index contributed by atoms with van der Waals surface area (Å²) < 4.78 is 40.2. The third-order valence-electron chi connectivity index (χ3n) is 5.70. The van der Waals surface area contributed by atoms with E-state index in [2.05, 4.69) is 23.6 Å². The fourth-order valence-electron chi connectivity index (χ4n) is 3.61. The Balaban J connectivity index is 0.000000439. The summed E-state index contributed by atoms with van der Waals surface area (Å²) in [5.74, 6) is -2.84. The molecule has 2 aliphatic heterocycles. The summed E-state index contributed by atoms with van der Waals surface area (Å²) >= 11 is 0. The minimum Gasteiger partial charge on any atom is -0.303 e. The molecule has 2 unspecified atom stereocenters. The minimum absolute atomic E-state index is 0.0410. The van der Waals surface area contributed by atoms with Crippen LogP contribution in [0.25, 0.3) is 0 Å². The van der Waals surface area contributed by atoms with Gasteiger partial charge in [-0.25, -0.2) is 13.2 Å². The van der Waals surface area contributed by atoms with Crippen LogP contribution in [0.1, 0.15) is 80.6 Å². The van der Waals surface area contributed by atoms with Gasteiger partial charge in [0.15, 0.2) is 0 Å². The van der Waals surface area contributed by atoms with Crippen LogP contribution in [-0.2, 0) is 0 Å². The highest BCUT2D eigenvalue weighted by molar-refractivity contribution is 4.87. The summed E-state index contributed by atoms with van der Waals surface area (Å²) in [6.45, 7) is 17.8. The number of halogens is 3. The van der Waals surface area contributed by atoms with E-state index >= 15 is 0 Å². The first-order valence-corrected chi connectivity index (χ1v) is 10.7. The Morgan fingerprint density at radius 2 is 1.62 bits per heavy atom. The zero-order valence-corrected chi connectivity index (χ0v) is 18.3. The van der Waals surface area contributed by atoms with E-state index in [9.17, 15) is 13.2 Å². The van der Waals surface area contributed by atoms with Crippen molar-refractivity contribution in [1.29, 1.82) is 0 Å². The van der Waals surface area contributed by atoms with Gasteiger partial charge in [0.1, 0.15) is 5.67 Å². The highest BCUT2D eigenvalue weighted by Gasteiger charge is 2.42. The molecule has 0 spiro atoms. The molecule has 0 aromatic carbocycles. The van der Waals surface area contributed by atoms with Crippen molar-refractivity contribution in [1.82, 2.24) is 9.80 Å². The van der Waals surface area contributed by atoms with Crippen LogP contribution in [0.4, 0.5) is 13.2 Å². The van der Waals surface area contributed by atoms with Gasteiger partial charge in [0.25, 0.3) is 5.92 Å². The molecule has 158 valence electrons. The summed E-state index contributed by atoms with van der Waals surface area (Å²) in [5, 5.41) is 0. The normalized spacial score (nSPS) is 29.4. The van der Waals surface area contributed by atoms with Gasteiger partial charge in [-0.3, -0.25) is 4.90 Å². The molecule has 2 atom stereocenters. The maximum atomic E-state index is 13.9. The largest absolute Gasteiger partial charge is 0.303 e. The molecule has 2 nitrogen and oxygen atoms in total. The smallest absolute Gasteiger partial charge is 0.253 e. The Morgan fingerprint density at radius 3 is 2.08 bits per heavy atom. The van der Waals surface area contributed by atoms with E-state index in [0.29, 0.717) is 38.5 Å². The molecule has 2 heterocycles. The van der Waals surface area contributed by atoms with Gasteiger partial charge in [0, 0.05) is 38.0 Å². The van der Waals surface area contributed by atoms with Gasteiger partial charge in [0.2, 0.25) is 0 Å². The number of piperidine rings is 2. The summed E-state index contributed by atoms with van der Waals surface area (Å²) in [6, 6.07) is 0.493. The first-order chi connectivity index (χ1) is 12.2. The Hall–Kier alpha value is -0.290. The fourth-order valence-corrected chi connectivity index (χ4v) is 3.61. The number of alkyl halides is 3. The van der Waals surface area contributed by atoms with Crippen molar-refractivity contribution in [2.45, 2.75) is 98.2 Å². The van der Waals surface area contributed by atoms with Crippen molar-refractivity contribution >= 4 is 0 Å². The second kappa shape index (κ2) is 12.2. The van der Waals surface area contributed by atoms with Crippen LogP contribution in [0.5, 0.6) is 0 Å². The van der Waals surface area contributed by atoms with E-state index in [0.717, 1.165) is 25.9 Å². The highest BCUT2D eigenvalue weighted by Crippen LogP contribution is 2.35. The van der Waals surface area contributed by atoms with Gasteiger partial charge in [-0.1, -0.05) is 34.6 Å². The highest BCUT2D eigenvalue weighted by atomic mass is 19.3. The third-order valence-corrected chi connectivity index (χ3v) is 5.70. The lowest BCUT2D eigenvalue weighted by Crippen LogP contribution is -2.47. The average Bonchev–Trinajstić information content (AvgIpc) is 2.64. The van der Waals surface area contributed by atoms with Crippen LogP contribution in [0, 0.1) is 5.92 Å². The Labute approximate surface area is 160 Å². The van der Waals surface area contributed by atoms with Crippen LogP contribution < -0.4 is 0 Å². The predicted molar refractivity (Wildman–Crippen MR) is 107 cm³/mol. The molecule has 0 aromatic heterocycles.